The average Bonchev–Trinajstić information content (AvgIpc) is 2.53. The number of nitrogens with zero attached hydrogens (tertiary/aromatic N) is 1. The fraction of sp³-hybridized carbons (Fsp3) is 0.800. The molecule has 1 heterocycles. The minimum atomic E-state index is -0.629. The fourth-order valence-corrected chi connectivity index (χ4v) is 3.57. The standard InChI is InChI=1S/C15H25NO2S2/c1-13(2,3)9-15(7,14(4,5)6)11(18)16-10(17)8-20-12(16)19/h8-9H2,1-7H3. The van der Waals surface area contributed by atoms with Crippen molar-refractivity contribution in [3.63, 3.8) is 0 Å². The summed E-state index contributed by atoms with van der Waals surface area (Å²) in [6.07, 6.45) is 0.708. The van der Waals surface area contributed by atoms with Crippen LogP contribution >= 0.6 is 24.0 Å². The third kappa shape index (κ3) is 3.42. The van der Waals surface area contributed by atoms with Crippen molar-refractivity contribution in [1.29, 1.82) is 0 Å². The van der Waals surface area contributed by atoms with Crippen molar-refractivity contribution in [3.8, 4) is 0 Å². The van der Waals surface area contributed by atoms with E-state index in [0.717, 1.165) is 0 Å². The molecule has 1 aliphatic heterocycles. The van der Waals surface area contributed by atoms with Gasteiger partial charge >= 0.3 is 0 Å². The van der Waals surface area contributed by atoms with Gasteiger partial charge < -0.3 is 0 Å². The lowest BCUT2D eigenvalue weighted by atomic mass is 9.60. The molecule has 20 heavy (non-hydrogen) atoms. The van der Waals surface area contributed by atoms with Crippen LogP contribution < -0.4 is 0 Å². The Morgan fingerprint density at radius 1 is 1.20 bits per heavy atom. The number of rotatable bonds is 2. The number of imide groups is 1. The summed E-state index contributed by atoms with van der Waals surface area (Å²) in [5.41, 5.74) is -0.883. The smallest absolute Gasteiger partial charge is 0.245 e. The third-order valence-electron chi connectivity index (χ3n) is 3.97. The summed E-state index contributed by atoms with van der Waals surface area (Å²) < 4.78 is 0.393. The summed E-state index contributed by atoms with van der Waals surface area (Å²) in [4.78, 5) is 26.2. The van der Waals surface area contributed by atoms with E-state index < -0.39 is 5.41 Å². The number of carbonyl (C=O) groups excluding carboxylic acids is 2. The van der Waals surface area contributed by atoms with Crippen LogP contribution in [0.2, 0.25) is 0 Å². The van der Waals surface area contributed by atoms with E-state index in [4.69, 9.17) is 12.2 Å². The van der Waals surface area contributed by atoms with Gasteiger partial charge in [-0.05, 0) is 17.3 Å². The fourth-order valence-electron chi connectivity index (χ4n) is 2.52. The first-order chi connectivity index (χ1) is 8.79. The number of amides is 2. The quantitative estimate of drug-likeness (QED) is 0.725. The molecule has 1 rings (SSSR count). The van der Waals surface area contributed by atoms with E-state index in [1.807, 2.05) is 27.7 Å². The van der Waals surface area contributed by atoms with E-state index in [-0.39, 0.29) is 28.4 Å². The molecule has 0 saturated carbocycles. The van der Waals surface area contributed by atoms with E-state index in [1.165, 1.54) is 16.7 Å². The zero-order chi connectivity index (χ0) is 15.9. The first kappa shape index (κ1) is 17.6. The van der Waals surface area contributed by atoms with Gasteiger partial charge in [-0.1, -0.05) is 72.4 Å². The maximum Gasteiger partial charge on any atom is 0.245 e. The van der Waals surface area contributed by atoms with Gasteiger partial charge in [0.2, 0.25) is 11.8 Å². The second-order valence-corrected chi connectivity index (χ2v) is 9.52. The van der Waals surface area contributed by atoms with Crippen molar-refractivity contribution in [2.75, 3.05) is 5.75 Å². The lowest BCUT2D eigenvalue weighted by Gasteiger charge is -2.45. The topological polar surface area (TPSA) is 37.4 Å². The van der Waals surface area contributed by atoms with Gasteiger partial charge in [-0.3, -0.25) is 9.59 Å². The predicted octanol–water partition coefficient (Wildman–Crippen LogP) is 3.86. The summed E-state index contributed by atoms with van der Waals surface area (Å²) >= 11 is 6.45. The van der Waals surface area contributed by atoms with Crippen molar-refractivity contribution in [2.24, 2.45) is 16.2 Å². The Hall–Kier alpha value is -0.420. The highest BCUT2D eigenvalue weighted by Crippen LogP contribution is 2.48. The first-order valence-electron chi connectivity index (χ1n) is 6.84. The third-order valence-corrected chi connectivity index (χ3v) is 5.32. The van der Waals surface area contributed by atoms with Crippen LogP contribution in [0.15, 0.2) is 0 Å². The molecule has 1 aliphatic rings. The number of carbonyl (C=O) groups is 2. The largest absolute Gasteiger partial charge is 0.273 e. The SMILES string of the molecule is CC(C)(C)CC(C)(C(=O)N1C(=O)CSC1=S)C(C)(C)C. The van der Waals surface area contributed by atoms with Gasteiger partial charge in [-0.25, -0.2) is 4.90 Å². The molecule has 1 saturated heterocycles. The summed E-state index contributed by atoms with van der Waals surface area (Å²) in [5, 5.41) is 0. The minimum absolute atomic E-state index is 0.00474. The van der Waals surface area contributed by atoms with Gasteiger partial charge in [0, 0.05) is 0 Å². The van der Waals surface area contributed by atoms with Crippen LogP contribution in [0.25, 0.3) is 0 Å². The molecule has 0 aromatic rings. The van der Waals surface area contributed by atoms with Crippen LogP contribution in [0.1, 0.15) is 54.9 Å². The van der Waals surface area contributed by atoms with Crippen molar-refractivity contribution >= 4 is 40.1 Å². The molecule has 0 aromatic carbocycles. The van der Waals surface area contributed by atoms with Gasteiger partial charge in [-0.2, -0.15) is 0 Å². The Bertz CT molecular complexity index is 430. The summed E-state index contributed by atoms with van der Waals surface area (Å²) in [6, 6.07) is 0. The molecule has 0 spiro atoms. The predicted molar refractivity (Wildman–Crippen MR) is 88.5 cm³/mol. The molecule has 2 amide bonds. The van der Waals surface area contributed by atoms with Crippen LogP contribution in [-0.2, 0) is 9.59 Å². The molecule has 0 aliphatic carbocycles. The normalized spacial score (nSPS) is 20.2. The van der Waals surface area contributed by atoms with Gasteiger partial charge in [-0.15, -0.1) is 0 Å². The number of thioether (sulfide) groups is 1. The highest BCUT2D eigenvalue weighted by molar-refractivity contribution is 8.24. The van der Waals surface area contributed by atoms with E-state index >= 15 is 0 Å². The van der Waals surface area contributed by atoms with Gasteiger partial charge in [0.25, 0.3) is 0 Å². The van der Waals surface area contributed by atoms with E-state index in [1.54, 1.807) is 0 Å². The van der Waals surface area contributed by atoms with Crippen LogP contribution in [-0.4, -0.2) is 26.8 Å². The maximum atomic E-state index is 13.0. The van der Waals surface area contributed by atoms with Crippen molar-refractivity contribution in [2.45, 2.75) is 54.9 Å². The van der Waals surface area contributed by atoms with Crippen molar-refractivity contribution in [1.82, 2.24) is 4.90 Å². The molecule has 1 atom stereocenters. The van der Waals surface area contributed by atoms with E-state index in [2.05, 4.69) is 20.8 Å². The highest BCUT2D eigenvalue weighted by atomic mass is 32.2. The van der Waals surface area contributed by atoms with Crippen molar-refractivity contribution < 1.29 is 9.59 Å². The molecule has 0 bridgehead atoms. The molecule has 114 valence electrons. The first-order valence-corrected chi connectivity index (χ1v) is 8.23. The zero-order valence-electron chi connectivity index (χ0n) is 13.5. The maximum absolute atomic E-state index is 13.0. The van der Waals surface area contributed by atoms with E-state index in [0.29, 0.717) is 10.7 Å². The van der Waals surface area contributed by atoms with Gasteiger partial charge in [0.15, 0.2) is 0 Å². The molecule has 0 radical (unpaired) electrons. The van der Waals surface area contributed by atoms with Gasteiger partial charge in [0.05, 0.1) is 11.2 Å². The zero-order valence-corrected chi connectivity index (χ0v) is 15.1. The summed E-state index contributed by atoms with van der Waals surface area (Å²) in [6.45, 7) is 14.4. The Labute approximate surface area is 131 Å². The van der Waals surface area contributed by atoms with Gasteiger partial charge in [0.1, 0.15) is 4.32 Å². The monoisotopic (exact) mass is 315 g/mol. The Morgan fingerprint density at radius 2 is 1.70 bits per heavy atom. The molecular weight excluding hydrogens is 290 g/mol. The lowest BCUT2D eigenvalue weighted by Crippen LogP contribution is -2.52. The molecule has 1 unspecified atom stereocenters. The molecule has 5 heteroatoms. The highest BCUT2D eigenvalue weighted by Gasteiger charge is 2.51. The van der Waals surface area contributed by atoms with Crippen LogP contribution in [0.4, 0.5) is 0 Å². The summed E-state index contributed by atoms with van der Waals surface area (Å²) in [5.74, 6) is -0.0605. The minimum Gasteiger partial charge on any atom is -0.273 e. The van der Waals surface area contributed by atoms with Crippen molar-refractivity contribution in [3.05, 3.63) is 0 Å². The number of hydrogen-bond donors (Lipinski definition) is 0. The average molecular weight is 316 g/mol. The molecule has 3 nitrogen and oxygen atoms in total. The molecule has 0 aromatic heterocycles. The number of thiocarbonyl (C=S) groups is 1. The summed E-state index contributed by atoms with van der Waals surface area (Å²) in [7, 11) is 0. The molecule has 0 N–H and O–H groups in total. The molecule has 1 fully saturated rings. The van der Waals surface area contributed by atoms with Crippen LogP contribution in [0.3, 0.4) is 0 Å². The lowest BCUT2D eigenvalue weighted by molar-refractivity contribution is -0.151. The number of hydrogen-bond acceptors (Lipinski definition) is 4. The second-order valence-electron chi connectivity index (χ2n) is 7.91. The van der Waals surface area contributed by atoms with Crippen LogP contribution in [0, 0.1) is 16.2 Å². The Balaban J connectivity index is 3.22. The molecular formula is C15H25NO2S2. The second kappa shape index (κ2) is 5.41. The Morgan fingerprint density at radius 3 is 2.00 bits per heavy atom. The van der Waals surface area contributed by atoms with E-state index in [9.17, 15) is 9.59 Å². The van der Waals surface area contributed by atoms with Crippen LogP contribution in [0.5, 0.6) is 0 Å². The Kier molecular flexibility index (Phi) is 4.77.